The molecule has 0 aliphatic heterocycles. The highest BCUT2D eigenvalue weighted by Crippen LogP contribution is 2.15. The predicted molar refractivity (Wildman–Crippen MR) is 97.0 cm³/mol. The van der Waals surface area contributed by atoms with Crippen molar-refractivity contribution < 1.29 is 9.53 Å². The molecule has 1 N–H and O–H groups in total. The molecule has 3 aromatic rings. The number of benzene rings is 2. The lowest BCUT2D eigenvalue weighted by Gasteiger charge is -2.16. The Labute approximate surface area is 155 Å². The second-order valence-corrected chi connectivity index (χ2v) is 6.03. The molecule has 0 saturated carbocycles. The highest BCUT2D eigenvalue weighted by molar-refractivity contribution is 6.30. The molecule has 1 amide bonds. The topological polar surface area (TPSA) is 81.9 Å². The number of nitrogens with one attached hydrogen (secondary N) is 1. The van der Waals surface area contributed by atoms with Crippen molar-refractivity contribution in [3.63, 3.8) is 0 Å². The van der Waals surface area contributed by atoms with E-state index in [-0.39, 0.29) is 5.91 Å². The average Bonchev–Trinajstić information content (AvgIpc) is 3.20. The van der Waals surface area contributed by atoms with E-state index in [0.717, 1.165) is 5.56 Å². The molecule has 0 bridgehead atoms. The van der Waals surface area contributed by atoms with Crippen LogP contribution in [0.25, 0.3) is 0 Å². The highest BCUT2D eigenvalue weighted by atomic mass is 35.5. The summed E-state index contributed by atoms with van der Waals surface area (Å²) >= 11 is 5.83. The molecule has 134 valence electrons. The van der Waals surface area contributed by atoms with Crippen LogP contribution in [0.3, 0.4) is 0 Å². The van der Waals surface area contributed by atoms with Gasteiger partial charge < -0.3 is 10.1 Å². The molecule has 2 aromatic carbocycles. The molecule has 1 atom stereocenters. The smallest absolute Gasteiger partial charge is 0.245 e. The monoisotopic (exact) mass is 371 g/mol. The van der Waals surface area contributed by atoms with Crippen LogP contribution in [0.5, 0.6) is 5.75 Å². The van der Waals surface area contributed by atoms with Crippen molar-refractivity contribution in [1.82, 2.24) is 25.5 Å². The van der Waals surface area contributed by atoms with Gasteiger partial charge in [-0.1, -0.05) is 41.9 Å². The summed E-state index contributed by atoms with van der Waals surface area (Å²) in [5, 5.41) is 14.6. The molecule has 0 spiro atoms. The van der Waals surface area contributed by atoms with Crippen LogP contribution in [-0.2, 0) is 11.2 Å². The quantitative estimate of drug-likeness (QED) is 0.614. The molecule has 3 rings (SSSR count). The van der Waals surface area contributed by atoms with Gasteiger partial charge in [-0.25, -0.2) is 4.68 Å². The van der Waals surface area contributed by atoms with Gasteiger partial charge in [-0.05, 0) is 40.3 Å². The minimum absolute atomic E-state index is 0.166. The third kappa shape index (κ3) is 5.03. The molecule has 8 heteroatoms. The second kappa shape index (κ2) is 8.96. The van der Waals surface area contributed by atoms with Gasteiger partial charge in [0.25, 0.3) is 0 Å². The number of tetrazole rings is 1. The average molecular weight is 372 g/mol. The number of carbonyl (C=O) groups excluding carboxylic acids is 1. The van der Waals surface area contributed by atoms with Crippen molar-refractivity contribution in [2.45, 2.75) is 12.5 Å². The van der Waals surface area contributed by atoms with Crippen molar-refractivity contribution in [2.24, 2.45) is 0 Å². The van der Waals surface area contributed by atoms with Crippen LogP contribution in [0.1, 0.15) is 11.6 Å². The van der Waals surface area contributed by atoms with Gasteiger partial charge in [0.2, 0.25) is 5.91 Å². The van der Waals surface area contributed by atoms with E-state index in [0.29, 0.717) is 30.3 Å². The number of hydrogen-bond donors (Lipinski definition) is 1. The van der Waals surface area contributed by atoms with Crippen LogP contribution < -0.4 is 10.1 Å². The van der Waals surface area contributed by atoms with Gasteiger partial charge in [0.1, 0.15) is 24.7 Å². The van der Waals surface area contributed by atoms with Crippen LogP contribution in [-0.4, -0.2) is 39.3 Å². The molecule has 0 radical (unpaired) electrons. The van der Waals surface area contributed by atoms with Gasteiger partial charge in [-0.2, -0.15) is 0 Å². The molecule has 1 heterocycles. The summed E-state index contributed by atoms with van der Waals surface area (Å²) in [6.07, 6.45) is 1.94. The fourth-order valence-corrected chi connectivity index (χ4v) is 2.57. The Morgan fingerprint density at radius 1 is 1.15 bits per heavy atom. The number of hydrogen-bond acceptors (Lipinski definition) is 5. The minimum atomic E-state index is -0.525. The van der Waals surface area contributed by atoms with Crippen LogP contribution in [0.2, 0.25) is 5.02 Å². The summed E-state index contributed by atoms with van der Waals surface area (Å²) in [5.74, 6) is 0.533. The van der Waals surface area contributed by atoms with Crippen LogP contribution in [0, 0.1) is 0 Å². The molecule has 7 nitrogen and oxygen atoms in total. The van der Waals surface area contributed by atoms with E-state index in [4.69, 9.17) is 16.3 Å². The third-order valence-electron chi connectivity index (χ3n) is 3.74. The van der Waals surface area contributed by atoms with E-state index in [1.54, 1.807) is 24.3 Å². The highest BCUT2D eigenvalue weighted by Gasteiger charge is 2.21. The van der Waals surface area contributed by atoms with E-state index < -0.39 is 6.04 Å². The fraction of sp³-hybridized carbons (Fsp3) is 0.222. The minimum Gasteiger partial charge on any atom is -0.492 e. The van der Waals surface area contributed by atoms with Crippen molar-refractivity contribution >= 4 is 17.5 Å². The number of aromatic nitrogens is 4. The largest absolute Gasteiger partial charge is 0.492 e. The fourth-order valence-electron chi connectivity index (χ4n) is 2.45. The Kier molecular flexibility index (Phi) is 6.16. The first-order valence-electron chi connectivity index (χ1n) is 8.15. The zero-order chi connectivity index (χ0) is 18.2. The first-order chi connectivity index (χ1) is 12.7. The molecule has 0 fully saturated rings. The van der Waals surface area contributed by atoms with Gasteiger partial charge in [0, 0.05) is 11.4 Å². The van der Waals surface area contributed by atoms with Crippen LogP contribution in [0.15, 0.2) is 60.9 Å². The molecule has 1 aromatic heterocycles. The van der Waals surface area contributed by atoms with Crippen molar-refractivity contribution in [1.29, 1.82) is 0 Å². The molecule has 0 unspecified atom stereocenters. The number of halogens is 1. The summed E-state index contributed by atoms with van der Waals surface area (Å²) in [4.78, 5) is 12.6. The number of amides is 1. The zero-order valence-corrected chi connectivity index (χ0v) is 14.7. The Bertz CT molecular complexity index is 809. The van der Waals surface area contributed by atoms with Gasteiger partial charge in [0.05, 0.1) is 6.54 Å². The zero-order valence-electron chi connectivity index (χ0n) is 14.0. The first kappa shape index (κ1) is 17.9. The van der Waals surface area contributed by atoms with Gasteiger partial charge >= 0.3 is 0 Å². The maximum absolute atomic E-state index is 12.6. The third-order valence-corrected chi connectivity index (χ3v) is 3.99. The van der Waals surface area contributed by atoms with Gasteiger partial charge in [0.15, 0.2) is 0 Å². The van der Waals surface area contributed by atoms with Gasteiger partial charge in [-0.15, -0.1) is 5.10 Å². The lowest BCUT2D eigenvalue weighted by Crippen LogP contribution is -2.36. The van der Waals surface area contributed by atoms with E-state index in [2.05, 4.69) is 20.8 Å². The standard InChI is InChI=1S/C18H18ClN5O2/c19-15-6-8-16(9-7-15)26-11-10-20-18(25)17(24-13-21-22-23-24)12-14-4-2-1-3-5-14/h1-9,13,17H,10-12H2,(H,20,25)/t17-/m0/s1. The first-order valence-corrected chi connectivity index (χ1v) is 8.52. The number of nitrogens with zero attached hydrogens (tertiary/aromatic N) is 4. The van der Waals surface area contributed by atoms with Crippen molar-refractivity contribution in [3.8, 4) is 5.75 Å². The molecule has 0 aliphatic rings. The normalized spacial score (nSPS) is 11.7. The van der Waals surface area contributed by atoms with Gasteiger partial charge in [-0.3, -0.25) is 4.79 Å². The molecular weight excluding hydrogens is 354 g/mol. The Morgan fingerprint density at radius 2 is 1.92 bits per heavy atom. The number of ether oxygens (including phenoxy) is 1. The lowest BCUT2D eigenvalue weighted by molar-refractivity contribution is -0.124. The molecule has 0 saturated heterocycles. The molecule has 26 heavy (non-hydrogen) atoms. The molecule has 0 aliphatic carbocycles. The summed E-state index contributed by atoms with van der Waals surface area (Å²) in [6.45, 7) is 0.718. The van der Waals surface area contributed by atoms with E-state index in [1.807, 2.05) is 30.3 Å². The Hall–Kier alpha value is -2.93. The van der Waals surface area contributed by atoms with E-state index in [9.17, 15) is 4.79 Å². The van der Waals surface area contributed by atoms with Crippen molar-refractivity contribution in [3.05, 3.63) is 71.5 Å². The van der Waals surface area contributed by atoms with E-state index >= 15 is 0 Å². The SMILES string of the molecule is O=C(NCCOc1ccc(Cl)cc1)[C@H](Cc1ccccc1)n1cnnn1. The summed E-state index contributed by atoms with van der Waals surface area (Å²) in [5.41, 5.74) is 1.03. The Balaban J connectivity index is 1.54. The lowest BCUT2D eigenvalue weighted by atomic mass is 10.1. The van der Waals surface area contributed by atoms with Crippen LogP contribution >= 0.6 is 11.6 Å². The Morgan fingerprint density at radius 3 is 2.62 bits per heavy atom. The number of carbonyl (C=O) groups is 1. The molecular formula is C18H18ClN5O2. The van der Waals surface area contributed by atoms with E-state index in [1.165, 1.54) is 11.0 Å². The summed E-state index contributed by atoms with van der Waals surface area (Å²) < 4.78 is 7.04. The summed E-state index contributed by atoms with van der Waals surface area (Å²) in [7, 11) is 0. The van der Waals surface area contributed by atoms with Crippen LogP contribution in [0.4, 0.5) is 0 Å². The predicted octanol–water partition coefficient (Wildman–Crippen LogP) is 2.31. The maximum Gasteiger partial charge on any atom is 0.245 e. The van der Waals surface area contributed by atoms with Crippen molar-refractivity contribution in [2.75, 3.05) is 13.2 Å². The second-order valence-electron chi connectivity index (χ2n) is 5.59. The summed E-state index contributed by atoms with van der Waals surface area (Å²) in [6, 6.07) is 16.3. The maximum atomic E-state index is 12.6. The number of rotatable bonds is 8.